The lowest BCUT2D eigenvalue weighted by Gasteiger charge is -2.08. The van der Waals surface area contributed by atoms with Crippen LogP contribution in [0.2, 0.25) is 0 Å². The van der Waals surface area contributed by atoms with Crippen LogP contribution in [-0.2, 0) is 6.61 Å². The van der Waals surface area contributed by atoms with Crippen LogP contribution >= 0.6 is 15.9 Å². The van der Waals surface area contributed by atoms with Gasteiger partial charge >= 0.3 is 5.97 Å². The molecule has 0 heterocycles. The predicted octanol–water partition coefficient (Wildman–Crippen LogP) is 3.43. The summed E-state index contributed by atoms with van der Waals surface area (Å²) in [5.74, 6) is 0.155. The molecule has 2 rings (SSSR count). The minimum absolute atomic E-state index is 0.0166. The lowest BCUT2D eigenvalue weighted by Crippen LogP contribution is -1.96. The summed E-state index contributed by atoms with van der Waals surface area (Å²) < 4.78 is 6.19. The summed E-state index contributed by atoms with van der Waals surface area (Å²) in [6.45, 7) is -0.0166. The zero-order valence-electron chi connectivity index (χ0n) is 9.84. The first-order chi connectivity index (χ1) is 9.10. The minimum atomic E-state index is -0.987. The van der Waals surface area contributed by atoms with Crippen LogP contribution in [0.4, 0.5) is 0 Å². The summed E-state index contributed by atoms with van der Waals surface area (Å²) in [7, 11) is 0. The predicted molar refractivity (Wildman–Crippen MR) is 73.5 cm³/mol. The molecular formula is C14H11BrO4. The summed E-state index contributed by atoms with van der Waals surface area (Å²) in [5, 5.41) is 17.8. The maximum Gasteiger partial charge on any atom is 0.335 e. The van der Waals surface area contributed by atoms with Crippen LogP contribution in [0, 0.1) is 0 Å². The maximum absolute atomic E-state index is 10.8. The molecule has 2 N–H and O–H groups in total. The molecule has 4 nitrogen and oxygen atoms in total. The van der Waals surface area contributed by atoms with Crippen molar-refractivity contribution in [3.05, 3.63) is 58.1 Å². The van der Waals surface area contributed by atoms with Crippen LogP contribution < -0.4 is 4.74 Å². The molecule has 0 amide bonds. The molecule has 0 aliphatic heterocycles. The Labute approximate surface area is 118 Å². The van der Waals surface area contributed by atoms with E-state index < -0.39 is 5.97 Å². The Morgan fingerprint density at radius 2 is 1.84 bits per heavy atom. The smallest absolute Gasteiger partial charge is 0.335 e. The van der Waals surface area contributed by atoms with Gasteiger partial charge in [0.25, 0.3) is 0 Å². The van der Waals surface area contributed by atoms with Crippen LogP contribution in [-0.4, -0.2) is 16.2 Å². The maximum atomic E-state index is 10.8. The number of carbonyl (C=O) groups is 1. The molecule has 0 bridgehead atoms. The van der Waals surface area contributed by atoms with Gasteiger partial charge in [-0.3, -0.25) is 0 Å². The van der Waals surface area contributed by atoms with Crippen molar-refractivity contribution in [2.45, 2.75) is 6.61 Å². The Balaban J connectivity index is 2.20. The molecule has 0 radical (unpaired) electrons. The number of aliphatic hydroxyl groups is 1. The third kappa shape index (κ3) is 3.33. The molecule has 0 unspecified atom stereocenters. The normalized spacial score (nSPS) is 10.2. The van der Waals surface area contributed by atoms with E-state index in [0.29, 0.717) is 16.0 Å². The number of hydrogen-bond acceptors (Lipinski definition) is 3. The Kier molecular flexibility index (Phi) is 4.19. The van der Waals surface area contributed by atoms with Crippen molar-refractivity contribution in [3.8, 4) is 11.5 Å². The average molecular weight is 323 g/mol. The minimum Gasteiger partial charge on any atom is -0.478 e. The van der Waals surface area contributed by atoms with E-state index in [1.165, 1.54) is 12.1 Å². The lowest BCUT2D eigenvalue weighted by atomic mass is 10.2. The van der Waals surface area contributed by atoms with Crippen LogP contribution in [0.1, 0.15) is 15.9 Å². The first kappa shape index (κ1) is 13.6. The van der Waals surface area contributed by atoms with Gasteiger partial charge < -0.3 is 14.9 Å². The molecule has 0 saturated carbocycles. The van der Waals surface area contributed by atoms with Crippen molar-refractivity contribution < 1.29 is 19.7 Å². The van der Waals surface area contributed by atoms with Gasteiger partial charge in [0.15, 0.2) is 0 Å². The molecule has 98 valence electrons. The molecule has 2 aromatic rings. The summed E-state index contributed by atoms with van der Waals surface area (Å²) in [6.07, 6.45) is 0. The number of ether oxygens (including phenoxy) is 1. The quantitative estimate of drug-likeness (QED) is 0.905. The molecule has 19 heavy (non-hydrogen) atoms. The molecule has 0 aromatic heterocycles. The van der Waals surface area contributed by atoms with Gasteiger partial charge in [0.05, 0.1) is 16.6 Å². The lowest BCUT2D eigenvalue weighted by molar-refractivity contribution is 0.0697. The molecule has 0 aliphatic rings. The first-order valence-corrected chi connectivity index (χ1v) is 6.30. The van der Waals surface area contributed by atoms with Gasteiger partial charge in [-0.05, 0) is 51.8 Å². The number of aromatic carboxylic acids is 1. The third-order valence-electron chi connectivity index (χ3n) is 2.51. The fourth-order valence-electron chi connectivity index (χ4n) is 1.51. The number of hydrogen-bond donors (Lipinski definition) is 2. The Bertz CT molecular complexity index is 593. The van der Waals surface area contributed by atoms with Crippen LogP contribution in [0.25, 0.3) is 0 Å². The van der Waals surface area contributed by atoms with E-state index in [-0.39, 0.29) is 12.2 Å². The van der Waals surface area contributed by atoms with Crippen LogP contribution in [0.5, 0.6) is 11.5 Å². The molecule has 5 heteroatoms. The highest BCUT2D eigenvalue weighted by molar-refractivity contribution is 9.10. The fourth-order valence-corrected chi connectivity index (χ4v) is 1.97. The molecular weight excluding hydrogens is 312 g/mol. The highest BCUT2D eigenvalue weighted by Gasteiger charge is 2.08. The zero-order valence-corrected chi connectivity index (χ0v) is 11.4. The van der Waals surface area contributed by atoms with Crippen molar-refractivity contribution in [1.82, 2.24) is 0 Å². The summed E-state index contributed by atoms with van der Waals surface area (Å²) in [5.41, 5.74) is 0.988. The first-order valence-electron chi connectivity index (χ1n) is 5.50. The number of benzene rings is 2. The largest absolute Gasteiger partial charge is 0.478 e. The van der Waals surface area contributed by atoms with Crippen molar-refractivity contribution in [2.75, 3.05) is 0 Å². The fraction of sp³-hybridized carbons (Fsp3) is 0.0714. The highest BCUT2D eigenvalue weighted by Crippen LogP contribution is 2.30. The number of rotatable bonds is 4. The second-order valence-corrected chi connectivity index (χ2v) is 4.71. The van der Waals surface area contributed by atoms with Gasteiger partial charge in [-0.15, -0.1) is 0 Å². The van der Waals surface area contributed by atoms with E-state index in [2.05, 4.69) is 15.9 Å². The summed E-state index contributed by atoms with van der Waals surface area (Å²) in [6, 6.07) is 11.5. The molecule has 2 aromatic carbocycles. The topological polar surface area (TPSA) is 66.8 Å². The van der Waals surface area contributed by atoms with Crippen LogP contribution in [0.3, 0.4) is 0 Å². The second kappa shape index (κ2) is 5.86. The molecule has 0 spiro atoms. The monoisotopic (exact) mass is 322 g/mol. The standard InChI is InChI=1S/C14H11BrO4/c15-12-7-10(14(17)18)3-6-13(12)19-11-4-1-9(8-16)2-5-11/h1-7,16H,8H2,(H,17,18). The van der Waals surface area contributed by atoms with Crippen molar-refractivity contribution in [2.24, 2.45) is 0 Å². The van der Waals surface area contributed by atoms with Gasteiger partial charge in [-0.1, -0.05) is 12.1 Å². The Morgan fingerprint density at radius 1 is 1.16 bits per heavy atom. The summed E-state index contributed by atoms with van der Waals surface area (Å²) >= 11 is 3.27. The molecule has 0 atom stereocenters. The zero-order chi connectivity index (χ0) is 13.8. The van der Waals surface area contributed by atoms with E-state index >= 15 is 0 Å². The highest BCUT2D eigenvalue weighted by atomic mass is 79.9. The SMILES string of the molecule is O=C(O)c1ccc(Oc2ccc(CO)cc2)c(Br)c1. The van der Waals surface area contributed by atoms with E-state index in [4.69, 9.17) is 14.9 Å². The van der Waals surface area contributed by atoms with Gasteiger partial charge in [0.1, 0.15) is 11.5 Å². The number of aliphatic hydroxyl groups excluding tert-OH is 1. The molecule has 0 saturated heterocycles. The summed E-state index contributed by atoms with van der Waals surface area (Å²) in [4.78, 5) is 10.8. The molecule has 0 fully saturated rings. The van der Waals surface area contributed by atoms with E-state index in [1.807, 2.05) is 0 Å². The van der Waals surface area contributed by atoms with Gasteiger partial charge in [-0.2, -0.15) is 0 Å². The van der Waals surface area contributed by atoms with Gasteiger partial charge in [0, 0.05) is 0 Å². The third-order valence-corrected chi connectivity index (χ3v) is 3.13. The van der Waals surface area contributed by atoms with Crippen molar-refractivity contribution >= 4 is 21.9 Å². The van der Waals surface area contributed by atoms with Crippen molar-refractivity contribution in [1.29, 1.82) is 0 Å². The number of carboxylic acid groups (broad SMARTS) is 1. The van der Waals surface area contributed by atoms with E-state index in [1.54, 1.807) is 30.3 Å². The van der Waals surface area contributed by atoms with Crippen molar-refractivity contribution in [3.63, 3.8) is 0 Å². The average Bonchev–Trinajstić information content (AvgIpc) is 2.41. The number of carboxylic acids is 1. The second-order valence-electron chi connectivity index (χ2n) is 3.85. The van der Waals surface area contributed by atoms with E-state index in [0.717, 1.165) is 5.56 Å². The number of halogens is 1. The Morgan fingerprint density at radius 3 is 2.37 bits per heavy atom. The Hall–Kier alpha value is -1.85. The van der Waals surface area contributed by atoms with Gasteiger partial charge in [-0.25, -0.2) is 4.79 Å². The van der Waals surface area contributed by atoms with Gasteiger partial charge in [0.2, 0.25) is 0 Å². The van der Waals surface area contributed by atoms with E-state index in [9.17, 15) is 4.79 Å². The molecule has 0 aliphatic carbocycles. The van der Waals surface area contributed by atoms with Crippen LogP contribution in [0.15, 0.2) is 46.9 Å².